The maximum atomic E-state index is 12.3. The van der Waals surface area contributed by atoms with Crippen molar-refractivity contribution in [2.24, 2.45) is 0 Å². The molecule has 0 saturated heterocycles. The summed E-state index contributed by atoms with van der Waals surface area (Å²) < 4.78 is 15.8. The fourth-order valence-corrected chi connectivity index (χ4v) is 2.35. The molecule has 27 heavy (non-hydrogen) atoms. The number of carbonyl (C=O) groups is 1. The van der Waals surface area contributed by atoms with Gasteiger partial charge < -0.3 is 13.9 Å². The van der Waals surface area contributed by atoms with Crippen LogP contribution >= 0.6 is 0 Å². The van der Waals surface area contributed by atoms with Gasteiger partial charge in [0.25, 0.3) is 17.5 Å². The summed E-state index contributed by atoms with van der Waals surface area (Å²) in [6, 6.07) is 10.3. The number of carbonyl (C=O) groups excluding carboxylic acids is 1. The predicted molar refractivity (Wildman–Crippen MR) is 93.9 cm³/mol. The molecule has 138 valence electrons. The Morgan fingerprint density at radius 3 is 2.63 bits per heavy atom. The molecular formula is C17H14N4O6. The van der Waals surface area contributed by atoms with E-state index in [1.807, 2.05) is 0 Å². The molecule has 0 spiro atoms. The van der Waals surface area contributed by atoms with Gasteiger partial charge in [-0.05, 0) is 18.2 Å². The molecule has 3 rings (SSSR count). The number of hydrogen-bond donors (Lipinski definition) is 1. The number of methoxy groups -OCH3 is 2. The summed E-state index contributed by atoms with van der Waals surface area (Å²) in [6.45, 7) is 0. The molecule has 0 atom stereocenters. The summed E-state index contributed by atoms with van der Waals surface area (Å²) >= 11 is 0. The fraction of sp³-hybridized carbons (Fsp3) is 0.118. The topological polar surface area (TPSA) is 130 Å². The van der Waals surface area contributed by atoms with Crippen LogP contribution in [0, 0.1) is 10.1 Å². The zero-order chi connectivity index (χ0) is 19.4. The Balaban J connectivity index is 1.85. The third-order valence-electron chi connectivity index (χ3n) is 3.63. The van der Waals surface area contributed by atoms with E-state index in [1.54, 1.807) is 18.2 Å². The largest absolute Gasteiger partial charge is 0.497 e. The number of nitrogens with one attached hydrogen (secondary N) is 1. The number of nitro groups is 1. The highest BCUT2D eigenvalue weighted by molar-refractivity contribution is 6.06. The van der Waals surface area contributed by atoms with Crippen LogP contribution in [0.15, 0.2) is 46.9 Å². The monoisotopic (exact) mass is 370 g/mol. The number of nitrogens with zero attached hydrogens (tertiary/aromatic N) is 3. The van der Waals surface area contributed by atoms with Gasteiger partial charge in [0.15, 0.2) is 0 Å². The van der Waals surface area contributed by atoms with Gasteiger partial charge in [-0.1, -0.05) is 17.2 Å². The maximum absolute atomic E-state index is 12.3. The van der Waals surface area contributed by atoms with E-state index in [0.29, 0.717) is 17.1 Å². The second-order valence-corrected chi connectivity index (χ2v) is 5.21. The van der Waals surface area contributed by atoms with Crippen LogP contribution in [0.3, 0.4) is 0 Å². The molecule has 10 heteroatoms. The van der Waals surface area contributed by atoms with Gasteiger partial charge in [0.2, 0.25) is 0 Å². The van der Waals surface area contributed by atoms with Crippen molar-refractivity contribution >= 4 is 17.6 Å². The van der Waals surface area contributed by atoms with E-state index >= 15 is 0 Å². The number of rotatable bonds is 6. The van der Waals surface area contributed by atoms with E-state index in [0.717, 1.165) is 0 Å². The third-order valence-corrected chi connectivity index (χ3v) is 3.63. The summed E-state index contributed by atoms with van der Waals surface area (Å²) in [4.78, 5) is 22.7. The lowest BCUT2D eigenvalue weighted by atomic mass is 10.1. The number of amides is 1. The Hall–Kier alpha value is -3.95. The van der Waals surface area contributed by atoms with Crippen LogP contribution in [-0.4, -0.2) is 35.2 Å². The first kappa shape index (κ1) is 17.9. The smallest absolute Gasteiger partial charge is 0.322 e. The molecule has 0 aliphatic rings. The zero-order valence-electron chi connectivity index (χ0n) is 14.3. The second kappa shape index (κ2) is 7.52. The minimum absolute atomic E-state index is 0.104. The van der Waals surface area contributed by atoms with Crippen LogP contribution < -0.4 is 14.8 Å². The molecule has 1 aromatic heterocycles. The van der Waals surface area contributed by atoms with E-state index in [1.165, 1.54) is 38.5 Å². The summed E-state index contributed by atoms with van der Waals surface area (Å²) in [5.74, 6) is 0.390. The number of nitro benzene ring substituents is 1. The molecule has 10 nitrogen and oxygen atoms in total. The first-order chi connectivity index (χ1) is 13.0. The molecule has 0 aliphatic carbocycles. The quantitative estimate of drug-likeness (QED) is 0.518. The van der Waals surface area contributed by atoms with Gasteiger partial charge in [-0.15, -0.1) is 5.10 Å². The summed E-state index contributed by atoms with van der Waals surface area (Å²) in [7, 11) is 3.00. The van der Waals surface area contributed by atoms with Gasteiger partial charge in [0.1, 0.15) is 17.1 Å². The number of anilines is 1. The van der Waals surface area contributed by atoms with Crippen molar-refractivity contribution < 1.29 is 23.6 Å². The lowest BCUT2D eigenvalue weighted by molar-refractivity contribution is -0.385. The van der Waals surface area contributed by atoms with Gasteiger partial charge in [0, 0.05) is 12.1 Å². The summed E-state index contributed by atoms with van der Waals surface area (Å²) in [6.07, 6.45) is 0. The number of para-hydroxylation sites is 1. The highest BCUT2D eigenvalue weighted by atomic mass is 16.6. The van der Waals surface area contributed by atoms with Gasteiger partial charge >= 0.3 is 6.01 Å². The normalized spacial score (nSPS) is 10.3. The first-order valence-electron chi connectivity index (χ1n) is 7.64. The number of benzene rings is 2. The van der Waals surface area contributed by atoms with Crippen molar-refractivity contribution in [1.82, 2.24) is 10.2 Å². The molecule has 0 fully saturated rings. The van der Waals surface area contributed by atoms with Crippen molar-refractivity contribution in [3.05, 3.63) is 58.1 Å². The third kappa shape index (κ3) is 3.68. The van der Waals surface area contributed by atoms with E-state index in [9.17, 15) is 14.9 Å². The van der Waals surface area contributed by atoms with Crippen LogP contribution in [0.1, 0.15) is 10.4 Å². The molecule has 0 radical (unpaired) electrons. The lowest BCUT2D eigenvalue weighted by Gasteiger charge is -2.07. The van der Waals surface area contributed by atoms with Crippen LogP contribution in [0.4, 0.5) is 11.7 Å². The minimum Gasteiger partial charge on any atom is -0.497 e. The van der Waals surface area contributed by atoms with Crippen LogP contribution in [0.2, 0.25) is 0 Å². The molecule has 1 heterocycles. The van der Waals surface area contributed by atoms with E-state index in [-0.39, 0.29) is 23.2 Å². The highest BCUT2D eigenvalue weighted by Gasteiger charge is 2.22. The highest BCUT2D eigenvalue weighted by Crippen LogP contribution is 2.33. The molecule has 0 bridgehead atoms. The van der Waals surface area contributed by atoms with Crippen molar-refractivity contribution in [2.75, 3.05) is 19.5 Å². The average Bonchev–Trinajstić information content (AvgIpc) is 3.15. The predicted octanol–water partition coefficient (Wildman–Crippen LogP) is 2.91. The van der Waals surface area contributed by atoms with Crippen LogP contribution in [0.5, 0.6) is 11.5 Å². The van der Waals surface area contributed by atoms with Crippen molar-refractivity contribution in [3.8, 4) is 23.0 Å². The van der Waals surface area contributed by atoms with E-state index < -0.39 is 10.8 Å². The first-order valence-corrected chi connectivity index (χ1v) is 7.64. The standard InChI is InChI=1S/C17H14N4O6/c1-25-10-7-8-12(14(9-10)26-2)16-19-20-17(27-16)18-15(22)11-5-3-4-6-13(11)21(23)24/h3-9H,1-2H3,(H,18,20,22). The SMILES string of the molecule is COc1ccc(-c2nnc(NC(=O)c3ccccc3[N+](=O)[O-])o2)c(OC)c1. The van der Waals surface area contributed by atoms with Gasteiger partial charge in [-0.25, -0.2) is 0 Å². The Bertz CT molecular complexity index is 1000. The minimum atomic E-state index is -0.737. The molecule has 3 aromatic rings. The van der Waals surface area contributed by atoms with Gasteiger partial charge in [-0.3, -0.25) is 20.2 Å². The molecule has 1 N–H and O–H groups in total. The van der Waals surface area contributed by atoms with Crippen molar-refractivity contribution in [2.45, 2.75) is 0 Å². The molecular weight excluding hydrogens is 356 g/mol. The number of aromatic nitrogens is 2. The molecule has 1 amide bonds. The van der Waals surface area contributed by atoms with Crippen LogP contribution in [-0.2, 0) is 0 Å². The summed E-state index contributed by atoms with van der Waals surface area (Å²) in [5, 5.41) is 21.0. The molecule has 2 aromatic carbocycles. The Labute approximate surface area is 152 Å². The summed E-state index contributed by atoms with van der Waals surface area (Å²) in [5.41, 5.74) is 0.0489. The number of ether oxygens (including phenoxy) is 2. The average molecular weight is 370 g/mol. The maximum Gasteiger partial charge on any atom is 0.322 e. The Morgan fingerprint density at radius 2 is 1.93 bits per heavy atom. The lowest BCUT2D eigenvalue weighted by Crippen LogP contribution is -2.14. The number of hydrogen-bond acceptors (Lipinski definition) is 8. The van der Waals surface area contributed by atoms with Gasteiger partial charge in [-0.2, -0.15) is 0 Å². The van der Waals surface area contributed by atoms with Crippen molar-refractivity contribution in [1.29, 1.82) is 0 Å². The van der Waals surface area contributed by atoms with Gasteiger partial charge in [0.05, 0.1) is 24.7 Å². The Kier molecular flexibility index (Phi) is 4.97. The fourth-order valence-electron chi connectivity index (χ4n) is 2.35. The molecule has 0 unspecified atom stereocenters. The van der Waals surface area contributed by atoms with E-state index in [2.05, 4.69) is 15.5 Å². The second-order valence-electron chi connectivity index (χ2n) is 5.21. The van der Waals surface area contributed by atoms with Crippen LogP contribution in [0.25, 0.3) is 11.5 Å². The van der Waals surface area contributed by atoms with Crippen molar-refractivity contribution in [3.63, 3.8) is 0 Å². The van der Waals surface area contributed by atoms with E-state index in [4.69, 9.17) is 13.9 Å². The zero-order valence-corrected chi connectivity index (χ0v) is 14.3. The molecule has 0 saturated carbocycles. The Morgan fingerprint density at radius 1 is 1.15 bits per heavy atom. The molecule has 0 aliphatic heterocycles.